The predicted octanol–water partition coefficient (Wildman–Crippen LogP) is 2.63. The molecule has 6 nitrogen and oxygen atoms in total. The van der Waals surface area contributed by atoms with Crippen LogP contribution in [0.5, 0.6) is 0 Å². The van der Waals surface area contributed by atoms with Crippen molar-refractivity contribution in [3.8, 4) is 0 Å². The van der Waals surface area contributed by atoms with Crippen LogP contribution in [0, 0.1) is 11.8 Å². The van der Waals surface area contributed by atoms with Crippen LogP contribution in [0.3, 0.4) is 0 Å². The topological polar surface area (TPSA) is 90.6 Å². The number of nitrogens with two attached hydrogens (primary N) is 1. The van der Waals surface area contributed by atoms with Crippen LogP contribution >= 0.6 is 23.2 Å². The van der Waals surface area contributed by atoms with E-state index in [0.29, 0.717) is 16.6 Å². The highest BCUT2D eigenvalue weighted by atomic mass is 35.5. The molecule has 0 aromatic heterocycles. The molecule has 28 heavy (non-hydrogen) atoms. The Morgan fingerprint density at radius 2 is 1.86 bits per heavy atom. The summed E-state index contributed by atoms with van der Waals surface area (Å²) in [5, 5.41) is 4.04. The molecule has 0 radical (unpaired) electrons. The fourth-order valence-corrected chi connectivity index (χ4v) is 4.59. The van der Waals surface area contributed by atoms with Gasteiger partial charge in [-0.1, -0.05) is 29.3 Å². The van der Waals surface area contributed by atoms with E-state index in [2.05, 4.69) is 5.32 Å². The Hall–Kier alpha value is -1.41. The summed E-state index contributed by atoms with van der Waals surface area (Å²) in [7, 11) is 0. The average Bonchev–Trinajstić information content (AvgIpc) is 3.13. The number of carbonyl (C=O) groups excluding carboxylic acids is 2. The van der Waals surface area contributed by atoms with E-state index in [1.807, 2.05) is 0 Å². The third-order valence-electron chi connectivity index (χ3n) is 5.62. The smallest absolute Gasteiger partial charge is 0.344 e. The van der Waals surface area contributed by atoms with Crippen LogP contribution in [0.4, 0.5) is 4.39 Å². The minimum atomic E-state index is -2.25. The molecular weight excluding hydrogens is 410 g/mol. The van der Waals surface area contributed by atoms with Crippen LogP contribution in [-0.2, 0) is 25.6 Å². The monoisotopic (exact) mass is 432 g/mol. The SMILES string of the molecule is CCOC(=O)[C@@]1(N)[C@H]2[C@@H](C[C@H]1NCc1ccc(Cl)c(Cl)c1)[C@]2(F)C(=O)OCC. The quantitative estimate of drug-likeness (QED) is 0.643. The molecule has 0 amide bonds. The molecule has 2 aliphatic rings. The van der Waals surface area contributed by atoms with Crippen LogP contribution in [0.15, 0.2) is 18.2 Å². The number of ether oxygens (including phenoxy) is 2. The van der Waals surface area contributed by atoms with E-state index in [-0.39, 0.29) is 19.6 Å². The van der Waals surface area contributed by atoms with Gasteiger partial charge in [0, 0.05) is 24.4 Å². The van der Waals surface area contributed by atoms with E-state index < -0.39 is 41.0 Å². The number of hydrogen-bond acceptors (Lipinski definition) is 6. The molecule has 0 saturated heterocycles. The van der Waals surface area contributed by atoms with Crippen molar-refractivity contribution in [1.82, 2.24) is 5.32 Å². The largest absolute Gasteiger partial charge is 0.465 e. The zero-order valence-corrected chi connectivity index (χ0v) is 17.1. The molecular formula is C19H23Cl2FN2O4. The molecule has 2 aliphatic carbocycles. The average molecular weight is 433 g/mol. The van der Waals surface area contributed by atoms with Crippen LogP contribution in [0.2, 0.25) is 10.0 Å². The lowest BCUT2D eigenvalue weighted by Crippen LogP contribution is -2.64. The van der Waals surface area contributed by atoms with Crippen molar-refractivity contribution in [2.45, 2.75) is 44.1 Å². The molecule has 1 aromatic rings. The van der Waals surface area contributed by atoms with Gasteiger partial charge in [-0.15, -0.1) is 0 Å². The first-order chi connectivity index (χ1) is 13.2. The van der Waals surface area contributed by atoms with Crippen molar-refractivity contribution >= 4 is 35.1 Å². The zero-order chi connectivity index (χ0) is 20.7. The maximum atomic E-state index is 15.3. The summed E-state index contributed by atoms with van der Waals surface area (Å²) in [6.07, 6.45) is 0.219. The number of esters is 2. The predicted molar refractivity (Wildman–Crippen MR) is 103 cm³/mol. The third kappa shape index (κ3) is 3.28. The highest BCUT2D eigenvalue weighted by Gasteiger charge is 2.85. The summed E-state index contributed by atoms with van der Waals surface area (Å²) < 4.78 is 25.3. The van der Waals surface area contributed by atoms with Gasteiger partial charge in [0.05, 0.1) is 23.3 Å². The summed E-state index contributed by atoms with van der Waals surface area (Å²) in [5.41, 5.74) is 3.33. The summed E-state index contributed by atoms with van der Waals surface area (Å²) in [6.45, 7) is 3.75. The first-order valence-electron chi connectivity index (χ1n) is 9.20. The van der Waals surface area contributed by atoms with Gasteiger partial charge in [-0.3, -0.25) is 0 Å². The molecule has 9 heteroatoms. The van der Waals surface area contributed by atoms with Crippen molar-refractivity contribution in [2.75, 3.05) is 13.2 Å². The van der Waals surface area contributed by atoms with Gasteiger partial charge in [-0.05, 0) is 38.0 Å². The standard InChI is InChI=1S/C19H23Cl2FN2O4/c1-3-27-16(25)18(22)11-8-14(19(23,15(11)18)17(26)28-4-2)24-9-10-5-6-12(20)13(21)7-10/h5-7,11,14-15,24H,3-4,8-9,23H2,1-2H3/t11-,14-,15+,18-,19+/m1/s1. The molecule has 3 rings (SSSR count). The number of rotatable bonds is 7. The van der Waals surface area contributed by atoms with Crippen molar-refractivity contribution < 1.29 is 23.5 Å². The minimum absolute atomic E-state index is 0.0555. The second-order valence-electron chi connectivity index (χ2n) is 7.14. The molecule has 0 unspecified atom stereocenters. The van der Waals surface area contributed by atoms with E-state index in [1.165, 1.54) is 0 Å². The van der Waals surface area contributed by atoms with Gasteiger partial charge in [0.2, 0.25) is 5.67 Å². The number of carbonyl (C=O) groups is 2. The molecule has 0 bridgehead atoms. The molecule has 5 atom stereocenters. The fourth-order valence-electron chi connectivity index (χ4n) is 4.27. The molecule has 0 heterocycles. The van der Waals surface area contributed by atoms with E-state index in [9.17, 15) is 9.59 Å². The number of halogens is 3. The fraction of sp³-hybridized carbons (Fsp3) is 0.579. The van der Waals surface area contributed by atoms with Gasteiger partial charge in [-0.25, -0.2) is 14.0 Å². The Labute approximate surface area is 172 Å². The number of hydrogen-bond donors (Lipinski definition) is 2. The van der Waals surface area contributed by atoms with Crippen LogP contribution in [-0.4, -0.2) is 42.4 Å². The van der Waals surface area contributed by atoms with Gasteiger partial charge in [0.15, 0.2) is 0 Å². The minimum Gasteiger partial charge on any atom is -0.465 e. The first kappa shape index (κ1) is 21.3. The van der Waals surface area contributed by atoms with E-state index in [1.54, 1.807) is 32.0 Å². The molecule has 0 spiro atoms. The first-order valence-corrected chi connectivity index (χ1v) is 9.96. The molecule has 0 aliphatic heterocycles. The summed E-state index contributed by atoms with van der Waals surface area (Å²) in [6, 6.07) is 4.60. The highest BCUT2D eigenvalue weighted by Crippen LogP contribution is 2.67. The van der Waals surface area contributed by atoms with E-state index in [0.717, 1.165) is 5.56 Å². The lowest BCUT2D eigenvalue weighted by Gasteiger charge is -2.34. The lowest BCUT2D eigenvalue weighted by atomic mass is 9.85. The normalized spacial score (nSPS) is 33.3. The Morgan fingerprint density at radius 1 is 1.21 bits per heavy atom. The van der Waals surface area contributed by atoms with Gasteiger partial charge in [0.25, 0.3) is 0 Å². The molecule has 2 saturated carbocycles. The molecule has 154 valence electrons. The number of nitrogens with one attached hydrogen (secondary N) is 1. The Kier molecular flexibility index (Phi) is 5.92. The number of alkyl halides is 1. The van der Waals surface area contributed by atoms with Crippen LogP contribution in [0.1, 0.15) is 25.8 Å². The summed E-state index contributed by atoms with van der Waals surface area (Å²) >= 11 is 12.0. The van der Waals surface area contributed by atoms with Crippen molar-refractivity contribution in [3.05, 3.63) is 33.8 Å². The highest BCUT2D eigenvalue weighted by molar-refractivity contribution is 6.42. The van der Waals surface area contributed by atoms with E-state index >= 15 is 4.39 Å². The molecule has 2 fully saturated rings. The Morgan fingerprint density at radius 3 is 2.46 bits per heavy atom. The van der Waals surface area contributed by atoms with Crippen LogP contribution in [0.25, 0.3) is 0 Å². The Balaban J connectivity index is 1.79. The maximum Gasteiger partial charge on any atom is 0.344 e. The van der Waals surface area contributed by atoms with Gasteiger partial charge in [-0.2, -0.15) is 0 Å². The third-order valence-corrected chi connectivity index (χ3v) is 6.36. The maximum absolute atomic E-state index is 15.3. The summed E-state index contributed by atoms with van der Waals surface area (Å²) in [5.74, 6) is -3.36. The molecule has 1 aromatic carbocycles. The number of fused-ring (bicyclic) bond motifs is 1. The second-order valence-corrected chi connectivity index (χ2v) is 7.96. The zero-order valence-electron chi connectivity index (χ0n) is 15.6. The van der Waals surface area contributed by atoms with Gasteiger partial charge in [0.1, 0.15) is 5.54 Å². The van der Waals surface area contributed by atoms with Crippen molar-refractivity contribution in [3.63, 3.8) is 0 Å². The second kappa shape index (κ2) is 7.78. The Bertz CT molecular complexity index is 795. The van der Waals surface area contributed by atoms with Crippen molar-refractivity contribution in [1.29, 1.82) is 0 Å². The van der Waals surface area contributed by atoms with Crippen molar-refractivity contribution in [2.24, 2.45) is 17.6 Å². The van der Waals surface area contributed by atoms with Gasteiger partial charge < -0.3 is 20.5 Å². The number of benzene rings is 1. The van der Waals surface area contributed by atoms with Gasteiger partial charge >= 0.3 is 11.9 Å². The lowest BCUT2D eigenvalue weighted by molar-refractivity contribution is -0.157. The summed E-state index contributed by atoms with van der Waals surface area (Å²) in [4.78, 5) is 24.8. The van der Waals surface area contributed by atoms with E-state index in [4.69, 9.17) is 38.4 Å². The molecule has 3 N–H and O–H groups in total. The van der Waals surface area contributed by atoms with Crippen LogP contribution < -0.4 is 11.1 Å².